The summed E-state index contributed by atoms with van der Waals surface area (Å²) in [7, 11) is 2.00. The lowest BCUT2D eigenvalue weighted by Crippen LogP contribution is -2.48. The molecule has 0 radical (unpaired) electrons. The summed E-state index contributed by atoms with van der Waals surface area (Å²) in [5.41, 5.74) is 2.24. The van der Waals surface area contributed by atoms with Gasteiger partial charge in [-0.2, -0.15) is 0 Å². The zero-order valence-corrected chi connectivity index (χ0v) is 14.7. The van der Waals surface area contributed by atoms with E-state index in [1.807, 2.05) is 18.5 Å². The third-order valence-electron chi connectivity index (χ3n) is 4.08. The number of morpholine rings is 1. The van der Waals surface area contributed by atoms with Gasteiger partial charge in [-0.05, 0) is 19.0 Å². The first-order valence-electron chi connectivity index (χ1n) is 8.26. The summed E-state index contributed by atoms with van der Waals surface area (Å²) in [5.74, 6) is -0.0552. The summed E-state index contributed by atoms with van der Waals surface area (Å²) >= 11 is 1.65. The number of rotatable bonds is 6. The summed E-state index contributed by atoms with van der Waals surface area (Å²) in [6.07, 6.45) is 1.54. The van der Waals surface area contributed by atoms with Gasteiger partial charge in [-0.3, -0.25) is 4.79 Å². The quantitative estimate of drug-likeness (QED) is 0.868. The Morgan fingerprint density at radius 2 is 2.21 bits per heavy atom. The van der Waals surface area contributed by atoms with Gasteiger partial charge in [-0.25, -0.2) is 4.98 Å². The summed E-state index contributed by atoms with van der Waals surface area (Å²) in [5, 5.41) is 6.06. The Labute approximate surface area is 146 Å². The third-order valence-corrected chi connectivity index (χ3v) is 5.03. The van der Waals surface area contributed by atoms with Gasteiger partial charge in [0.05, 0.1) is 23.9 Å². The van der Waals surface area contributed by atoms with Crippen LogP contribution < -0.4 is 5.32 Å². The average Bonchev–Trinajstić information content (AvgIpc) is 3.07. The van der Waals surface area contributed by atoms with E-state index in [2.05, 4.69) is 39.5 Å². The molecule has 0 bridgehead atoms. The standard InChI is InChI=1S/C18H23N3O2S/c1-21-9-10-23-16(12-21)18(22)19-11-15-13-24-17(20-15)8-7-14-5-3-2-4-6-14/h2-6,13,16H,7-12H2,1H3,(H,19,22)/t16-/m1/s1. The van der Waals surface area contributed by atoms with Crippen molar-refractivity contribution in [2.24, 2.45) is 0 Å². The van der Waals surface area contributed by atoms with E-state index >= 15 is 0 Å². The molecule has 2 heterocycles. The molecule has 0 unspecified atom stereocenters. The lowest BCUT2D eigenvalue weighted by molar-refractivity contribution is -0.138. The molecule has 0 spiro atoms. The fourth-order valence-corrected chi connectivity index (χ4v) is 3.47. The second kappa shape index (κ2) is 8.37. The number of carbonyl (C=O) groups is 1. The molecule has 1 fully saturated rings. The van der Waals surface area contributed by atoms with Crippen molar-refractivity contribution in [2.75, 3.05) is 26.7 Å². The number of likely N-dealkylation sites (N-methyl/N-ethyl adjacent to an activating group) is 1. The number of nitrogens with zero attached hydrogens (tertiary/aromatic N) is 2. The van der Waals surface area contributed by atoms with Crippen molar-refractivity contribution >= 4 is 17.2 Å². The maximum absolute atomic E-state index is 12.1. The number of aryl methyl sites for hydroxylation is 2. The second-order valence-electron chi connectivity index (χ2n) is 6.06. The first-order valence-corrected chi connectivity index (χ1v) is 9.14. The number of ether oxygens (including phenoxy) is 1. The molecule has 0 saturated carbocycles. The summed E-state index contributed by atoms with van der Waals surface area (Å²) in [4.78, 5) is 18.9. The normalized spacial score (nSPS) is 18.5. The molecular weight excluding hydrogens is 322 g/mol. The van der Waals surface area contributed by atoms with Gasteiger partial charge in [0.2, 0.25) is 0 Å². The minimum absolute atomic E-state index is 0.0552. The molecule has 2 aromatic rings. The highest BCUT2D eigenvalue weighted by atomic mass is 32.1. The molecule has 1 aliphatic rings. The summed E-state index contributed by atoms with van der Waals surface area (Å²) in [6.45, 7) is 2.59. The van der Waals surface area contributed by atoms with Gasteiger partial charge in [0.1, 0.15) is 6.10 Å². The largest absolute Gasteiger partial charge is 0.366 e. The van der Waals surface area contributed by atoms with Crippen LogP contribution in [-0.4, -0.2) is 48.6 Å². The van der Waals surface area contributed by atoms with E-state index in [-0.39, 0.29) is 12.0 Å². The molecule has 1 aliphatic heterocycles. The van der Waals surface area contributed by atoms with Crippen LogP contribution in [0.1, 0.15) is 16.3 Å². The average molecular weight is 345 g/mol. The summed E-state index contributed by atoms with van der Waals surface area (Å²) in [6, 6.07) is 10.4. The van der Waals surface area contributed by atoms with E-state index in [0.717, 1.165) is 30.1 Å². The maximum atomic E-state index is 12.1. The molecule has 1 aromatic heterocycles. The van der Waals surface area contributed by atoms with Crippen molar-refractivity contribution < 1.29 is 9.53 Å². The Morgan fingerprint density at radius 3 is 3.00 bits per heavy atom. The van der Waals surface area contributed by atoms with Crippen LogP contribution in [0.4, 0.5) is 0 Å². The fraction of sp³-hybridized carbons (Fsp3) is 0.444. The first kappa shape index (κ1) is 17.1. The Hall–Kier alpha value is -1.76. The second-order valence-corrected chi connectivity index (χ2v) is 7.00. The number of thiazole rings is 1. The van der Waals surface area contributed by atoms with E-state index in [9.17, 15) is 4.79 Å². The number of carbonyl (C=O) groups excluding carboxylic acids is 1. The van der Waals surface area contributed by atoms with E-state index in [0.29, 0.717) is 19.7 Å². The predicted molar refractivity (Wildman–Crippen MR) is 95.0 cm³/mol. The Bertz CT molecular complexity index is 659. The maximum Gasteiger partial charge on any atom is 0.250 e. The van der Waals surface area contributed by atoms with Crippen molar-refractivity contribution in [1.29, 1.82) is 0 Å². The van der Waals surface area contributed by atoms with Gasteiger partial charge >= 0.3 is 0 Å². The number of aromatic nitrogens is 1. The zero-order valence-electron chi connectivity index (χ0n) is 13.9. The summed E-state index contributed by atoms with van der Waals surface area (Å²) < 4.78 is 5.52. The van der Waals surface area contributed by atoms with Crippen LogP contribution in [0.15, 0.2) is 35.7 Å². The fourth-order valence-electron chi connectivity index (χ4n) is 2.67. The van der Waals surface area contributed by atoms with Crippen LogP contribution in [0.5, 0.6) is 0 Å². The number of hydrogen-bond acceptors (Lipinski definition) is 5. The van der Waals surface area contributed by atoms with Gasteiger partial charge in [-0.1, -0.05) is 30.3 Å². The van der Waals surface area contributed by atoms with Crippen LogP contribution in [0, 0.1) is 0 Å². The van der Waals surface area contributed by atoms with Crippen LogP contribution in [0.3, 0.4) is 0 Å². The topological polar surface area (TPSA) is 54.5 Å². The van der Waals surface area contributed by atoms with Gasteiger partial charge < -0.3 is 15.0 Å². The van der Waals surface area contributed by atoms with Gasteiger partial charge in [-0.15, -0.1) is 11.3 Å². The highest BCUT2D eigenvalue weighted by molar-refractivity contribution is 7.09. The molecule has 24 heavy (non-hydrogen) atoms. The molecule has 1 amide bonds. The minimum atomic E-state index is -0.375. The van der Waals surface area contributed by atoms with Gasteiger partial charge in [0, 0.05) is 24.9 Å². The minimum Gasteiger partial charge on any atom is -0.366 e. The zero-order chi connectivity index (χ0) is 16.8. The van der Waals surface area contributed by atoms with E-state index in [1.165, 1.54) is 5.56 Å². The van der Waals surface area contributed by atoms with Crippen LogP contribution in [-0.2, 0) is 28.9 Å². The molecule has 1 atom stereocenters. The third kappa shape index (κ3) is 4.87. The predicted octanol–water partition coefficient (Wildman–Crippen LogP) is 1.88. The van der Waals surface area contributed by atoms with Gasteiger partial charge in [0.15, 0.2) is 0 Å². The molecule has 0 aliphatic carbocycles. The highest BCUT2D eigenvalue weighted by Crippen LogP contribution is 2.13. The molecule has 5 nitrogen and oxygen atoms in total. The monoisotopic (exact) mass is 345 g/mol. The SMILES string of the molecule is CN1CCO[C@@H](C(=O)NCc2csc(CCc3ccccc3)n2)C1. The van der Waals surface area contributed by atoms with E-state index in [4.69, 9.17) is 4.74 Å². The number of nitrogens with one attached hydrogen (secondary N) is 1. The molecule has 1 aromatic carbocycles. The van der Waals surface area contributed by atoms with Crippen LogP contribution >= 0.6 is 11.3 Å². The Balaban J connectivity index is 1.45. The smallest absolute Gasteiger partial charge is 0.250 e. The Kier molecular flexibility index (Phi) is 5.96. The molecular formula is C18H23N3O2S. The van der Waals surface area contributed by atoms with Crippen molar-refractivity contribution in [1.82, 2.24) is 15.2 Å². The number of benzene rings is 1. The van der Waals surface area contributed by atoms with Crippen molar-refractivity contribution in [3.05, 3.63) is 52.0 Å². The van der Waals surface area contributed by atoms with Crippen molar-refractivity contribution in [3.63, 3.8) is 0 Å². The highest BCUT2D eigenvalue weighted by Gasteiger charge is 2.24. The van der Waals surface area contributed by atoms with Crippen molar-refractivity contribution in [3.8, 4) is 0 Å². The van der Waals surface area contributed by atoms with Crippen LogP contribution in [0.25, 0.3) is 0 Å². The first-order chi connectivity index (χ1) is 11.7. The molecule has 1 saturated heterocycles. The van der Waals surface area contributed by atoms with E-state index in [1.54, 1.807) is 11.3 Å². The van der Waals surface area contributed by atoms with Crippen molar-refractivity contribution in [2.45, 2.75) is 25.5 Å². The Morgan fingerprint density at radius 1 is 1.38 bits per heavy atom. The lowest BCUT2D eigenvalue weighted by atomic mass is 10.1. The molecule has 1 N–H and O–H groups in total. The molecule has 6 heteroatoms. The van der Waals surface area contributed by atoms with Gasteiger partial charge in [0.25, 0.3) is 5.91 Å². The molecule has 128 valence electrons. The van der Waals surface area contributed by atoms with E-state index < -0.39 is 0 Å². The molecule has 3 rings (SSSR count). The number of amides is 1. The van der Waals surface area contributed by atoms with Crippen LogP contribution in [0.2, 0.25) is 0 Å². The number of hydrogen-bond donors (Lipinski definition) is 1. The lowest BCUT2D eigenvalue weighted by Gasteiger charge is -2.28.